The number of piperidine rings is 1. The van der Waals surface area contributed by atoms with Gasteiger partial charge in [-0.05, 0) is 74.9 Å². The van der Waals surface area contributed by atoms with E-state index in [-0.39, 0.29) is 12.1 Å². The van der Waals surface area contributed by atoms with Crippen molar-refractivity contribution in [2.24, 2.45) is 0 Å². The van der Waals surface area contributed by atoms with E-state index in [0.29, 0.717) is 6.54 Å². The average molecular weight is 357 g/mol. The lowest BCUT2D eigenvalue weighted by atomic mass is 10.1. The van der Waals surface area contributed by atoms with E-state index in [1.54, 1.807) is 0 Å². The van der Waals surface area contributed by atoms with Gasteiger partial charge in [-0.15, -0.1) is 0 Å². The van der Waals surface area contributed by atoms with Gasteiger partial charge in [0, 0.05) is 31.9 Å². The van der Waals surface area contributed by atoms with Crippen molar-refractivity contribution in [2.75, 3.05) is 44.6 Å². The molecule has 1 aliphatic carbocycles. The molecule has 2 fully saturated rings. The summed E-state index contributed by atoms with van der Waals surface area (Å²) in [6, 6.07) is 6.38. The zero-order valence-electron chi connectivity index (χ0n) is 15.7. The molecule has 142 valence electrons. The Hall–Kier alpha value is -1.59. The first-order chi connectivity index (χ1) is 12.8. The number of ether oxygens (including phenoxy) is 1. The third-order valence-electron chi connectivity index (χ3n) is 5.90. The van der Waals surface area contributed by atoms with E-state index >= 15 is 0 Å². The molecule has 1 atom stereocenters. The number of hydrogen-bond donors (Lipinski definition) is 1. The number of carbonyl (C=O) groups excluding carboxylic acids is 1. The minimum absolute atomic E-state index is 0.0112. The summed E-state index contributed by atoms with van der Waals surface area (Å²) in [5.74, 6) is 0. The van der Waals surface area contributed by atoms with Crippen molar-refractivity contribution in [1.29, 1.82) is 0 Å². The lowest BCUT2D eigenvalue weighted by Crippen LogP contribution is -2.45. The second-order valence-corrected chi connectivity index (χ2v) is 7.92. The number of urea groups is 1. The first-order valence-electron chi connectivity index (χ1n) is 10.3. The summed E-state index contributed by atoms with van der Waals surface area (Å²) in [7, 11) is 0. The molecule has 1 aromatic carbocycles. The molecule has 0 spiro atoms. The SMILES string of the molecule is O=C(Nc1ccc2c(c1)CCC2)N1CCCOC(CN2CCCCC2)C1. The Morgan fingerprint density at radius 2 is 1.88 bits per heavy atom. The quantitative estimate of drug-likeness (QED) is 0.903. The fraction of sp³-hybridized carbons (Fsp3) is 0.667. The number of amides is 2. The summed E-state index contributed by atoms with van der Waals surface area (Å²) >= 11 is 0. The van der Waals surface area contributed by atoms with Gasteiger partial charge < -0.3 is 19.9 Å². The second kappa shape index (κ2) is 8.40. The van der Waals surface area contributed by atoms with Gasteiger partial charge in [-0.3, -0.25) is 0 Å². The molecular formula is C21H31N3O2. The highest BCUT2D eigenvalue weighted by atomic mass is 16.5. The molecule has 2 heterocycles. The van der Waals surface area contributed by atoms with Crippen molar-refractivity contribution in [3.63, 3.8) is 0 Å². The zero-order valence-corrected chi connectivity index (χ0v) is 15.7. The van der Waals surface area contributed by atoms with Gasteiger partial charge in [0.1, 0.15) is 0 Å². The number of nitrogens with zero attached hydrogens (tertiary/aromatic N) is 2. The van der Waals surface area contributed by atoms with E-state index in [1.165, 1.54) is 56.3 Å². The monoisotopic (exact) mass is 357 g/mol. The molecule has 0 radical (unpaired) electrons. The standard InChI is InChI=1S/C21H31N3O2/c25-21(22-19-9-8-17-6-4-7-18(17)14-19)24-12-5-13-26-20(16-24)15-23-10-2-1-3-11-23/h8-9,14,20H,1-7,10-13,15-16H2,(H,22,25). The Morgan fingerprint density at radius 3 is 2.77 bits per heavy atom. The highest BCUT2D eigenvalue weighted by Crippen LogP contribution is 2.25. The van der Waals surface area contributed by atoms with Gasteiger partial charge in [0.2, 0.25) is 0 Å². The number of likely N-dealkylation sites (tertiary alicyclic amines) is 1. The largest absolute Gasteiger partial charge is 0.375 e. The van der Waals surface area contributed by atoms with E-state index in [4.69, 9.17) is 4.74 Å². The summed E-state index contributed by atoms with van der Waals surface area (Å²) in [4.78, 5) is 17.2. The molecule has 5 heteroatoms. The smallest absolute Gasteiger partial charge is 0.321 e. The topological polar surface area (TPSA) is 44.8 Å². The van der Waals surface area contributed by atoms with Gasteiger partial charge >= 0.3 is 6.03 Å². The molecule has 3 aliphatic rings. The lowest BCUT2D eigenvalue weighted by molar-refractivity contribution is 0.0261. The number of benzene rings is 1. The molecule has 1 unspecified atom stereocenters. The van der Waals surface area contributed by atoms with Gasteiger partial charge in [-0.2, -0.15) is 0 Å². The third-order valence-corrected chi connectivity index (χ3v) is 5.90. The first kappa shape index (κ1) is 17.8. The van der Waals surface area contributed by atoms with E-state index in [2.05, 4.69) is 22.3 Å². The minimum Gasteiger partial charge on any atom is -0.375 e. The van der Waals surface area contributed by atoms with Crippen molar-refractivity contribution in [1.82, 2.24) is 9.80 Å². The summed E-state index contributed by atoms with van der Waals surface area (Å²) in [5, 5.41) is 3.11. The maximum atomic E-state index is 12.8. The summed E-state index contributed by atoms with van der Waals surface area (Å²) in [6.45, 7) is 5.49. The van der Waals surface area contributed by atoms with Gasteiger partial charge in [0.15, 0.2) is 0 Å². The van der Waals surface area contributed by atoms with Crippen LogP contribution < -0.4 is 5.32 Å². The molecule has 0 bridgehead atoms. The second-order valence-electron chi connectivity index (χ2n) is 7.92. The number of aryl methyl sites for hydroxylation is 2. The average Bonchev–Trinajstić information content (AvgIpc) is 3.00. The van der Waals surface area contributed by atoms with Crippen LogP contribution in [-0.2, 0) is 17.6 Å². The number of fused-ring (bicyclic) bond motifs is 1. The van der Waals surface area contributed by atoms with Crippen LogP contribution >= 0.6 is 0 Å². The van der Waals surface area contributed by atoms with Crippen LogP contribution in [0.3, 0.4) is 0 Å². The highest BCUT2D eigenvalue weighted by molar-refractivity contribution is 5.89. The van der Waals surface area contributed by atoms with Gasteiger partial charge in [0.25, 0.3) is 0 Å². The van der Waals surface area contributed by atoms with Crippen molar-refractivity contribution in [3.8, 4) is 0 Å². The number of hydrogen-bond acceptors (Lipinski definition) is 3. The van der Waals surface area contributed by atoms with Crippen LogP contribution in [0, 0.1) is 0 Å². The van der Waals surface area contributed by atoms with Crippen LogP contribution in [-0.4, -0.2) is 61.3 Å². The number of nitrogens with one attached hydrogen (secondary N) is 1. The van der Waals surface area contributed by atoms with E-state index in [0.717, 1.165) is 38.2 Å². The van der Waals surface area contributed by atoms with Crippen molar-refractivity contribution < 1.29 is 9.53 Å². The van der Waals surface area contributed by atoms with Gasteiger partial charge in [-0.25, -0.2) is 4.79 Å². The number of anilines is 1. The zero-order chi connectivity index (χ0) is 17.8. The van der Waals surface area contributed by atoms with Crippen LogP contribution in [0.25, 0.3) is 0 Å². The molecule has 2 amide bonds. The normalized spacial score (nSPS) is 24.2. The van der Waals surface area contributed by atoms with Crippen LogP contribution in [0.1, 0.15) is 43.2 Å². The van der Waals surface area contributed by atoms with Crippen molar-refractivity contribution in [2.45, 2.75) is 51.0 Å². The van der Waals surface area contributed by atoms with E-state index in [9.17, 15) is 4.79 Å². The Labute approximate surface area is 156 Å². The third kappa shape index (κ3) is 4.38. The predicted molar refractivity (Wildman–Crippen MR) is 104 cm³/mol. The van der Waals surface area contributed by atoms with Crippen LogP contribution in [0.15, 0.2) is 18.2 Å². The lowest BCUT2D eigenvalue weighted by Gasteiger charge is -2.31. The maximum Gasteiger partial charge on any atom is 0.321 e. The molecule has 26 heavy (non-hydrogen) atoms. The number of carbonyl (C=O) groups is 1. The fourth-order valence-electron chi connectivity index (χ4n) is 4.47. The summed E-state index contributed by atoms with van der Waals surface area (Å²) in [6.07, 6.45) is 8.49. The fourth-order valence-corrected chi connectivity index (χ4v) is 4.47. The first-order valence-corrected chi connectivity index (χ1v) is 10.3. The Kier molecular flexibility index (Phi) is 5.75. The van der Waals surface area contributed by atoms with Crippen molar-refractivity contribution in [3.05, 3.63) is 29.3 Å². The maximum absolute atomic E-state index is 12.8. The predicted octanol–water partition coefficient (Wildman–Crippen LogP) is 3.28. The van der Waals surface area contributed by atoms with Crippen LogP contribution in [0.4, 0.5) is 10.5 Å². The molecular weight excluding hydrogens is 326 g/mol. The summed E-state index contributed by atoms with van der Waals surface area (Å²) in [5.41, 5.74) is 3.76. The van der Waals surface area contributed by atoms with Crippen LogP contribution in [0.2, 0.25) is 0 Å². The Balaban J connectivity index is 1.35. The molecule has 2 aliphatic heterocycles. The van der Waals surface area contributed by atoms with Crippen molar-refractivity contribution >= 4 is 11.7 Å². The molecule has 1 N–H and O–H groups in total. The molecule has 0 aromatic heterocycles. The molecule has 4 rings (SSSR count). The van der Waals surface area contributed by atoms with E-state index < -0.39 is 0 Å². The molecule has 5 nitrogen and oxygen atoms in total. The van der Waals surface area contributed by atoms with E-state index in [1.807, 2.05) is 11.0 Å². The highest BCUT2D eigenvalue weighted by Gasteiger charge is 2.25. The summed E-state index contributed by atoms with van der Waals surface area (Å²) < 4.78 is 6.03. The Morgan fingerprint density at radius 1 is 1.04 bits per heavy atom. The van der Waals surface area contributed by atoms with Crippen LogP contribution in [0.5, 0.6) is 0 Å². The molecule has 0 saturated carbocycles. The molecule has 1 aromatic rings. The molecule has 2 saturated heterocycles. The number of rotatable bonds is 3. The van der Waals surface area contributed by atoms with Gasteiger partial charge in [0.05, 0.1) is 6.10 Å². The minimum atomic E-state index is 0.0112. The van der Waals surface area contributed by atoms with Gasteiger partial charge in [-0.1, -0.05) is 12.5 Å². The Bertz CT molecular complexity index is 628.